The first-order valence-electron chi connectivity index (χ1n) is 10.2. The van der Waals surface area contributed by atoms with Gasteiger partial charge in [0.25, 0.3) is 0 Å². The van der Waals surface area contributed by atoms with Gasteiger partial charge in [0, 0.05) is 18.1 Å². The quantitative estimate of drug-likeness (QED) is 0.735. The van der Waals surface area contributed by atoms with Crippen molar-refractivity contribution in [1.29, 1.82) is 0 Å². The van der Waals surface area contributed by atoms with E-state index in [0.717, 1.165) is 21.9 Å². The van der Waals surface area contributed by atoms with Gasteiger partial charge in [-0.05, 0) is 71.6 Å². The Bertz CT molecular complexity index is 947. The van der Waals surface area contributed by atoms with Crippen molar-refractivity contribution in [2.24, 2.45) is 0 Å². The van der Waals surface area contributed by atoms with E-state index in [1.54, 1.807) is 6.20 Å². The Morgan fingerprint density at radius 1 is 1.17 bits per heavy atom. The van der Waals surface area contributed by atoms with Crippen molar-refractivity contribution in [2.45, 2.75) is 65.3 Å². The second kappa shape index (κ2) is 8.04. The van der Waals surface area contributed by atoms with Crippen molar-refractivity contribution in [2.75, 3.05) is 6.54 Å². The molecular formula is C23H31BN2O4. The molecule has 2 heterocycles. The lowest BCUT2D eigenvalue weighted by Crippen LogP contribution is -2.41. The zero-order valence-electron chi connectivity index (χ0n) is 18.9. The maximum absolute atomic E-state index is 12.2. The van der Waals surface area contributed by atoms with Gasteiger partial charge in [-0.25, -0.2) is 4.79 Å². The van der Waals surface area contributed by atoms with E-state index in [2.05, 4.69) is 16.4 Å². The van der Waals surface area contributed by atoms with Crippen molar-refractivity contribution in [3.63, 3.8) is 0 Å². The number of hydrogen-bond acceptors (Lipinski definition) is 5. The number of nitrogens with one attached hydrogen (secondary N) is 1. The molecule has 0 unspecified atom stereocenters. The number of benzene rings is 1. The molecule has 1 amide bonds. The van der Waals surface area contributed by atoms with Crippen LogP contribution in [0, 0.1) is 0 Å². The van der Waals surface area contributed by atoms with Crippen LogP contribution in [0.15, 0.2) is 42.0 Å². The first-order chi connectivity index (χ1) is 13.9. The fourth-order valence-corrected chi connectivity index (χ4v) is 3.07. The Morgan fingerprint density at radius 3 is 2.43 bits per heavy atom. The van der Waals surface area contributed by atoms with E-state index < -0.39 is 30.0 Å². The minimum Gasteiger partial charge on any atom is -0.444 e. The van der Waals surface area contributed by atoms with E-state index in [1.165, 1.54) is 0 Å². The van der Waals surface area contributed by atoms with E-state index in [-0.39, 0.29) is 6.54 Å². The van der Waals surface area contributed by atoms with Gasteiger partial charge in [-0.1, -0.05) is 24.3 Å². The van der Waals surface area contributed by atoms with E-state index in [4.69, 9.17) is 14.0 Å². The molecule has 1 aromatic heterocycles. The van der Waals surface area contributed by atoms with E-state index in [0.29, 0.717) is 0 Å². The first-order valence-corrected chi connectivity index (χ1v) is 10.2. The number of ether oxygens (including phenoxy) is 1. The topological polar surface area (TPSA) is 69.7 Å². The largest absolute Gasteiger partial charge is 0.492 e. The summed E-state index contributed by atoms with van der Waals surface area (Å²) in [6, 6.07) is 10.00. The maximum Gasteiger partial charge on any atom is 0.492 e. The van der Waals surface area contributed by atoms with Gasteiger partial charge < -0.3 is 19.4 Å². The zero-order valence-corrected chi connectivity index (χ0v) is 18.9. The lowest BCUT2D eigenvalue weighted by atomic mass is 9.77. The number of alkyl carbamates (subject to hydrolysis) is 1. The van der Waals surface area contributed by atoms with E-state index in [1.807, 2.05) is 78.8 Å². The number of hydrogen-bond donors (Lipinski definition) is 1. The lowest BCUT2D eigenvalue weighted by molar-refractivity contribution is 0.00578. The Labute approximate surface area is 179 Å². The van der Waals surface area contributed by atoms with E-state index >= 15 is 0 Å². The van der Waals surface area contributed by atoms with Crippen LogP contribution in [0.4, 0.5) is 4.79 Å². The molecule has 0 radical (unpaired) electrons. The van der Waals surface area contributed by atoms with E-state index in [9.17, 15) is 4.79 Å². The summed E-state index contributed by atoms with van der Waals surface area (Å²) < 4.78 is 17.8. The van der Waals surface area contributed by atoms with Gasteiger partial charge in [0.15, 0.2) is 0 Å². The summed E-state index contributed by atoms with van der Waals surface area (Å²) in [5.41, 5.74) is 1.09. The average Bonchev–Trinajstić information content (AvgIpc) is 2.84. The Balaban J connectivity index is 1.88. The van der Waals surface area contributed by atoms with Crippen LogP contribution in [0.5, 0.6) is 0 Å². The van der Waals surface area contributed by atoms with Gasteiger partial charge in [0.2, 0.25) is 0 Å². The fraction of sp³-hybridized carbons (Fsp3) is 0.478. The molecule has 1 aliphatic heterocycles. The number of rotatable bonds is 4. The van der Waals surface area contributed by atoms with Crippen molar-refractivity contribution in [3.8, 4) is 0 Å². The molecule has 1 aliphatic rings. The smallest absolute Gasteiger partial charge is 0.444 e. The molecule has 160 valence electrons. The summed E-state index contributed by atoms with van der Waals surface area (Å²) >= 11 is 0. The van der Waals surface area contributed by atoms with Gasteiger partial charge in [0.05, 0.1) is 16.7 Å². The standard InChI is InChI=1S/C23H31BN2O4/c1-21(2,3)28-20(27)26-15-18(24-29-22(4,5)23(6,7)30-24)13-16-12-17-10-8-9-11-19(17)25-14-16/h8-14H,15H2,1-7H3,(H,26,27). The molecule has 0 spiro atoms. The molecule has 0 aliphatic carbocycles. The number of amides is 1. The predicted molar refractivity (Wildman–Crippen MR) is 120 cm³/mol. The number of fused-ring (bicyclic) bond motifs is 1. The molecule has 0 bridgehead atoms. The van der Waals surface area contributed by atoms with Crippen molar-refractivity contribution >= 4 is 30.2 Å². The average molecular weight is 410 g/mol. The van der Waals surface area contributed by atoms with Gasteiger partial charge in [-0.3, -0.25) is 4.98 Å². The summed E-state index contributed by atoms with van der Waals surface area (Å²) in [7, 11) is -0.587. The highest BCUT2D eigenvalue weighted by Gasteiger charge is 2.52. The van der Waals surface area contributed by atoms with Crippen LogP contribution >= 0.6 is 0 Å². The third kappa shape index (κ3) is 5.21. The maximum atomic E-state index is 12.2. The van der Waals surface area contributed by atoms with Crippen LogP contribution in [0.3, 0.4) is 0 Å². The highest BCUT2D eigenvalue weighted by molar-refractivity contribution is 6.56. The van der Waals surface area contributed by atoms with Gasteiger partial charge in [-0.2, -0.15) is 0 Å². The van der Waals surface area contributed by atoms with Crippen LogP contribution in [0.1, 0.15) is 54.0 Å². The van der Waals surface area contributed by atoms with Crippen molar-refractivity contribution in [1.82, 2.24) is 10.3 Å². The summed E-state index contributed by atoms with van der Waals surface area (Å²) in [5, 5.41) is 3.86. The molecule has 0 saturated carbocycles. The van der Waals surface area contributed by atoms with Gasteiger partial charge in [0.1, 0.15) is 5.60 Å². The van der Waals surface area contributed by atoms with Crippen LogP contribution in [-0.4, -0.2) is 41.5 Å². The normalized spacial score (nSPS) is 18.5. The summed E-state index contributed by atoms with van der Waals surface area (Å²) in [5.74, 6) is 0. The lowest BCUT2D eigenvalue weighted by Gasteiger charge is -2.32. The third-order valence-corrected chi connectivity index (χ3v) is 5.36. The molecule has 30 heavy (non-hydrogen) atoms. The Kier molecular flexibility index (Phi) is 5.98. The number of para-hydroxylation sites is 1. The van der Waals surface area contributed by atoms with Gasteiger partial charge in [-0.15, -0.1) is 0 Å². The third-order valence-electron chi connectivity index (χ3n) is 5.36. The van der Waals surface area contributed by atoms with Crippen LogP contribution in [-0.2, 0) is 14.0 Å². The Morgan fingerprint density at radius 2 is 1.80 bits per heavy atom. The number of carbonyl (C=O) groups excluding carboxylic acids is 1. The predicted octanol–water partition coefficient (Wildman–Crippen LogP) is 4.77. The molecular weight excluding hydrogens is 379 g/mol. The van der Waals surface area contributed by atoms with Crippen molar-refractivity contribution < 1.29 is 18.8 Å². The second-order valence-corrected chi connectivity index (χ2v) is 9.62. The molecule has 7 heteroatoms. The second-order valence-electron chi connectivity index (χ2n) is 9.62. The molecule has 1 saturated heterocycles. The molecule has 1 aromatic carbocycles. The molecule has 6 nitrogen and oxygen atoms in total. The number of nitrogens with zero attached hydrogens (tertiary/aromatic N) is 1. The summed E-state index contributed by atoms with van der Waals surface area (Å²) in [4.78, 5) is 16.7. The minimum atomic E-state index is -0.587. The SMILES string of the molecule is CC(C)(C)OC(=O)NCC(=Cc1cnc2ccccc2c1)B1OC(C)(C)C(C)(C)O1. The van der Waals surface area contributed by atoms with Crippen LogP contribution in [0.25, 0.3) is 17.0 Å². The molecule has 2 aromatic rings. The van der Waals surface area contributed by atoms with Crippen molar-refractivity contribution in [3.05, 3.63) is 47.6 Å². The molecule has 1 fully saturated rings. The minimum absolute atomic E-state index is 0.235. The summed E-state index contributed by atoms with van der Waals surface area (Å²) in [6.07, 6.45) is 3.28. The Hall–Kier alpha value is -2.38. The zero-order chi connectivity index (χ0) is 22.2. The van der Waals surface area contributed by atoms with Gasteiger partial charge >= 0.3 is 13.2 Å². The number of aromatic nitrogens is 1. The van der Waals surface area contributed by atoms with Crippen LogP contribution in [0.2, 0.25) is 0 Å². The molecule has 1 N–H and O–H groups in total. The highest BCUT2D eigenvalue weighted by atomic mass is 16.7. The first kappa shape index (κ1) is 22.3. The summed E-state index contributed by atoms with van der Waals surface area (Å²) in [6.45, 7) is 13.7. The molecule has 0 atom stereocenters. The number of carbonyl (C=O) groups is 1. The van der Waals surface area contributed by atoms with Crippen LogP contribution < -0.4 is 5.32 Å². The molecule has 3 rings (SSSR count). The fourth-order valence-electron chi connectivity index (χ4n) is 3.07. The monoisotopic (exact) mass is 410 g/mol. The highest BCUT2D eigenvalue weighted by Crippen LogP contribution is 2.38. The number of pyridine rings is 1.